The fraction of sp³-hybridized carbons (Fsp3) is 0.160. The smallest absolute Gasteiger partial charge is 0.248 e. The maximum Gasteiger partial charge on any atom is 0.248 e. The van der Waals surface area contributed by atoms with E-state index < -0.39 is 5.91 Å². The maximum atomic E-state index is 13.0. The van der Waals surface area contributed by atoms with Crippen molar-refractivity contribution in [2.75, 3.05) is 24.6 Å². The summed E-state index contributed by atoms with van der Waals surface area (Å²) in [5.41, 5.74) is 21.8. The Balaban J connectivity index is 1.88. The molecule has 0 radical (unpaired) electrons. The van der Waals surface area contributed by atoms with E-state index in [1.54, 1.807) is 49.5 Å². The van der Waals surface area contributed by atoms with Gasteiger partial charge in [-0.05, 0) is 48.9 Å². The second-order valence-corrected chi connectivity index (χ2v) is 7.35. The highest BCUT2D eigenvalue weighted by atomic mass is 16.2. The number of carbonyl (C=O) groups excluding carboxylic acids is 2. The van der Waals surface area contributed by atoms with Gasteiger partial charge >= 0.3 is 0 Å². The number of nitrogen functional groups attached to an aromatic ring is 1. The third-order valence-electron chi connectivity index (χ3n) is 5.22. The van der Waals surface area contributed by atoms with Gasteiger partial charge in [0.15, 0.2) is 0 Å². The average molecular weight is 430 g/mol. The zero-order valence-electron chi connectivity index (χ0n) is 17.9. The second kappa shape index (κ2) is 10.4. The van der Waals surface area contributed by atoms with E-state index >= 15 is 0 Å². The molecule has 0 aliphatic heterocycles. The number of rotatable bonds is 8. The first kappa shape index (κ1) is 22.7. The summed E-state index contributed by atoms with van der Waals surface area (Å²) in [6.45, 7) is 0.397. The summed E-state index contributed by atoms with van der Waals surface area (Å²) in [6.07, 6.45) is 0.533. The Labute approximate surface area is 187 Å². The number of carbonyl (C=O) groups is 2. The van der Waals surface area contributed by atoms with Gasteiger partial charge in [0.1, 0.15) is 0 Å². The van der Waals surface area contributed by atoms with Crippen LogP contribution in [0.15, 0.2) is 77.8 Å². The van der Waals surface area contributed by atoms with Crippen molar-refractivity contribution < 1.29 is 9.59 Å². The molecule has 7 heteroatoms. The van der Waals surface area contributed by atoms with E-state index in [0.29, 0.717) is 41.2 Å². The highest BCUT2D eigenvalue weighted by molar-refractivity contribution is 6.16. The Morgan fingerprint density at radius 3 is 2.22 bits per heavy atom. The van der Waals surface area contributed by atoms with E-state index in [2.05, 4.69) is 10.3 Å². The van der Waals surface area contributed by atoms with Crippen LogP contribution in [0.1, 0.15) is 39.4 Å². The molecule has 0 bridgehead atoms. The van der Waals surface area contributed by atoms with Crippen molar-refractivity contribution in [2.24, 2.45) is 16.5 Å². The van der Waals surface area contributed by atoms with Crippen LogP contribution in [0, 0.1) is 0 Å². The molecule has 1 unspecified atom stereocenters. The molecular weight excluding hydrogens is 402 g/mol. The van der Waals surface area contributed by atoms with Crippen LogP contribution in [0.2, 0.25) is 0 Å². The molecule has 3 aromatic rings. The monoisotopic (exact) mass is 429 g/mol. The zero-order valence-corrected chi connectivity index (χ0v) is 17.9. The lowest BCUT2D eigenvalue weighted by atomic mass is 9.94. The highest BCUT2D eigenvalue weighted by Gasteiger charge is 2.20. The SMILES string of the molecule is C/N=C(/c1ccc(C(N)=O)cc1)c1cc(NC(=O)C(CCN)c2ccccc2)ccc1N. The summed E-state index contributed by atoms with van der Waals surface area (Å²) in [5, 5.41) is 2.98. The van der Waals surface area contributed by atoms with Crippen LogP contribution in [0.4, 0.5) is 11.4 Å². The quantitative estimate of drug-likeness (QED) is 0.323. The van der Waals surface area contributed by atoms with Gasteiger partial charge in [0.25, 0.3) is 0 Å². The summed E-state index contributed by atoms with van der Waals surface area (Å²) in [5.74, 6) is -0.998. The predicted molar refractivity (Wildman–Crippen MR) is 129 cm³/mol. The molecule has 0 saturated heterocycles. The number of nitrogens with zero attached hydrogens (tertiary/aromatic N) is 1. The highest BCUT2D eigenvalue weighted by Crippen LogP contribution is 2.25. The van der Waals surface area contributed by atoms with Gasteiger partial charge < -0.3 is 22.5 Å². The van der Waals surface area contributed by atoms with E-state index in [1.807, 2.05) is 30.3 Å². The maximum absolute atomic E-state index is 13.0. The first-order valence-corrected chi connectivity index (χ1v) is 10.3. The van der Waals surface area contributed by atoms with Crippen molar-refractivity contribution in [3.05, 3.63) is 95.1 Å². The molecule has 0 fully saturated rings. The van der Waals surface area contributed by atoms with Gasteiger partial charge in [-0.2, -0.15) is 0 Å². The van der Waals surface area contributed by atoms with Crippen molar-refractivity contribution in [3.8, 4) is 0 Å². The lowest BCUT2D eigenvalue weighted by Crippen LogP contribution is -2.23. The minimum Gasteiger partial charge on any atom is -0.398 e. The molecule has 7 nitrogen and oxygen atoms in total. The van der Waals surface area contributed by atoms with Gasteiger partial charge in [-0.15, -0.1) is 0 Å². The van der Waals surface area contributed by atoms with Gasteiger partial charge in [0.2, 0.25) is 11.8 Å². The molecule has 164 valence electrons. The fourth-order valence-corrected chi connectivity index (χ4v) is 3.57. The number of nitrogens with two attached hydrogens (primary N) is 3. The molecule has 0 aliphatic carbocycles. The number of aliphatic imine (C=N–C) groups is 1. The standard InChI is InChI=1S/C25H27N5O2/c1-29-23(17-7-9-18(10-8-17)24(28)31)21-15-19(11-12-22(21)27)30-25(32)20(13-14-26)16-5-3-2-4-6-16/h2-12,15,20H,13-14,26-27H2,1H3,(H2,28,31)(H,30,32)/b29-23-. The van der Waals surface area contributed by atoms with Crippen LogP contribution in [0.3, 0.4) is 0 Å². The summed E-state index contributed by atoms with van der Waals surface area (Å²) >= 11 is 0. The van der Waals surface area contributed by atoms with E-state index in [9.17, 15) is 9.59 Å². The van der Waals surface area contributed by atoms with Crippen molar-refractivity contribution >= 4 is 28.9 Å². The van der Waals surface area contributed by atoms with Gasteiger partial charge in [-0.25, -0.2) is 0 Å². The summed E-state index contributed by atoms with van der Waals surface area (Å²) in [6, 6.07) is 21.7. The Bertz CT molecular complexity index is 1120. The number of benzene rings is 3. The predicted octanol–water partition coefficient (Wildman–Crippen LogP) is 2.91. The van der Waals surface area contributed by atoms with Crippen LogP contribution in [0.5, 0.6) is 0 Å². The minimum atomic E-state index is -0.499. The first-order chi connectivity index (χ1) is 15.4. The summed E-state index contributed by atoms with van der Waals surface area (Å²) in [7, 11) is 1.66. The van der Waals surface area contributed by atoms with Crippen LogP contribution in [-0.4, -0.2) is 31.1 Å². The van der Waals surface area contributed by atoms with Crippen LogP contribution in [-0.2, 0) is 4.79 Å². The third kappa shape index (κ3) is 5.19. The number of primary amides is 1. The molecular formula is C25H27N5O2. The minimum absolute atomic E-state index is 0.141. The molecule has 0 saturated carbocycles. The molecule has 32 heavy (non-hydrogen) atoms. The van der Waals surface area contributed by atoms with Crippen molar-refractivity contribution in [1.82, 2.24) is 0 Å². The van der Waals surface area contributed by atoms with E-state index in [1.165, 1.54) is 0 Å². The average Bonchev–Trinajstić information content (AvgIpc) is 2.80. The normalized spacial score (nSPS) is 12.2. The molecule has 0 heterocycles. The Morgan fingerprint density at radius 1 is 0.969 bits per heavy atom. The van der Waals surface area contributed by atoms with E-state index in [4.69, 9.17) is 17.2 Å². The van der Waals surface area contributed by atoms with E-state index in [0.717, 1.165) is 11.1 Å². The lowest BCUT2D eigenvalue weighted by molar-refractivity contribution is -0.117. The number of hydrogen-bond acceptors (Lipinski definition) is 5. The zero-order chi connectivity index (χ0) is 23.1. The van der Waals surface area contributed by atoms with Crippen LogP contribution < -0.4 is 22.5 Å². The lowest BCUT2D eigenvalue weighted by Gasteiger charge is -2.18. The Kier molecular flexibility index (Phi) is 7.36. The Morgan fingerprint density at radius 2 is 1.62 bits per heavy atom. The summed E-state index contributed by atoms with van der Waals surface area (Å²) < 4.78 is 0. The van der Waals surface area contributed by atoms with E-state index in [-0.39, 0.29) is 11.8 Å². The molecule has 3 aromatic carbocycles. The molecule has 0 aliphatic rings. The molecule has 2 amide bonds. The van der Waals surface area contributed by atoms with Crippen molar-refractivity contribution in [1.29, 1.82) is 0 Å². The van der Waals surface area contributed by atoms with Gasteiger partial charge in [0.05, 0.1) is 11.6 Å². The summed E-state index contributed by atoms with van der Waals surface area (Å²) in [4.78, 5) is 28.8. The Hall–Kier alpha value is -3.97. The number of nitrogens with one attached hydrogen (secondary N) is 1. The van der Waals surface area contributed by atoms with Crippen molar-refractivity contribution in [3.63, 3.8) is 0 Å². The fourth-order valence-electron chi connectivity index (χ4n) is 3.57. The second-order valence-electron chi connectivity index (χ2n) is 7.35. The van der Waals surface area contributed by atoms with Gasteiger partial charge in [0, 0.05) is 35.1 Å². The van der Waals surface area contributed by atoms with Crippen molar-refractivity contribution in [2.45, 2.75) is 12.3 Å². The van der Waals surface area contributed by atoms with Gasteiger partial charge in [-0.3, -0.25) is 14.6 Å². The molecule has 1 atom stereocenters. The molecule has 7 N–H and O–H groups in total. The molecule has 0 aromatic heterocycles. The molecule has 0 spiro atoms. The first-order valence-electron chi connectivity index (χ1n) is 10.3. The number of anilines is 2. The molecule has 3 rings (SSSR count). The topological polar surface area (TPSA) is 137 Å². The third-order valence-corrected chi connectivity index (χ3v) is 5.22. The number of hydrogen-bond donors (Lipinski definition) is 4. The van der Waals surface area contributed by atoms with Crippen LogP contribution in [0.25, 0.3) is 0 Å². The van der Waals surface area contributed by atoms with Crippen LogP contribution >= 0.6 is 0 Å². The number of amides is 2. The largest absolute Gasteiger partial charge is 0.398 e. The van der Waals surface area contributed by atoms with Gasteiger partial charge in [-0.1, -0.05) is 42.5 Å².